The van der Waals surface area contributed by atoms with E-state index in [9.17, 15) is 0 Å². The molecule has 4 N–H and O–H groups in total. The average molecular weight is 261 g/mol. The van der Waals surface area contributed by atoms with Gasteiger partial charge in [-0.2, -0.15) is 0 Å². The lowest BCUT2D eigenvalue weighted by Gasteiger charge is -2.35. The normalized spacial score (nSPS) is 12.4. The molecule has 0 heterocycles. The molecule has 0 fully saturated rings. The number of hydrogen-bond donors (Lipinski definition) is 4. The molecule has 5 heteroatoms. The van der Waals surface area contributed by atoms with E-state index in [-0.39, 0.29) is 0 Å². The Labute approximate surface area is 109 Å². The molecule has 0 aromatic heterocycles. The van der Waals surface area contributed by atoms with Gasteiger partial charge in [0.1, 0.15) is 0 Å². The highest BCUT2D eigenvalue weighted by Gasteiger charge is 2.33. The summed E-state index contributed by atoms with van der Waals surface area (Å²) in [5.41, 5.74) is 0. The smallest absolute Gasteiger partial charge is 0.301 e. The first-order chi connectivity index (χ1) is 8.10. The molecule has 0 aromatic carbocycles. The van der Waals surface area contributed by atoms with Gasteiger partial charge in [-0.15, -0.1) is 0 Å². The molecular weight excluding hydrogens is 228 g/mol. The lowest BCUT2D eigenvalue weighted by molar-refractivity contribution is 0.613. The van der Waals surface area contributed by atoms with Crippen molar-refractivity contribution in [1.82, 2.24) is 19.9 Å². The van der Waals surface area contributed by atoms with E-state index in [4.69, 9.17) is 0 Å². The van der Waals surface area contributed by atoms with Crippen molar-refractivity contribution in [3.05, 3.63) is 0 Å². The summed E-state index contributed by atoms with van der Waals surface area (Å²) in [4.78, 5) is 14.8. The van der Waals surface area contributed by atoms with Crippen molar-refractivity contribution in [2.75, 3.05) is 19.6 Å². The first kappa shape index (κ1) is 17.1. The molecule has 0 atom stereocenters. The van der Waals surface area contributed by atoms with Crippen LogP contribution >= 0.6 is 0 Å². The molecule has 0 aliphatic rings. The van der Waals surface area contributed by atoms with E-state index in [1.54, 1.807) is 0 Å². The van der Waals surface area contributed by atoms with E-state index in [1.165, 1.54) is 0 Å². The molecule has 0 aliphatic carbocycles. The molecule has 0 aromatic rings. The summed E-state index contributed by atoms with van der Waals surface area (Å²) in [7, 11) is -1.92. The van der Waals surface area contributed by atoms with E-state index < -0.39 is 8.72 Å². The Morgan fingerprint density at radius 1 is 0.765 bits per heavy atom. The Balaban J connectivity index is 4.51. The fourth-order valence-electron chi connectivity index (χ4n) is 1.71. The van der Waals surface area contributed by atoms with E-state index in [2.05, 4.69) is 54.5 Å². The Morgan fingerprint density at radius 2 is 1.12 bits per heavy atom. The minimum atomic E-state index is -1.92. The van der Waals surface area contributed by atoms with Crippen molar-refractivity contribution in [1.29, 1.82) is 0 Å². The average Bonchev–Trinajstić information content (AvgIpc) is 2.30. The minimum absolute atomic E-state index is 0.486. The van der Waals surface area contributed by atoms with Crippen LogP contribution in [0.1, 0.15) is 53.9 Å². The molecule has 0 saturated heterocycles. The summed E-state index contributed by atoms with van der Waals surface area (Å²) in [5, 5.41) is 0. The number of nitrogens with one attached hydrogen (secondary N) is 4. The molecule has 0 radical (unpaired) electrons. The molecule has 0 bridgehead atoms. The maximum atomic E-state index is 3.70. The van der Waals surface area contributed by atoms with Gasteiger partial charge in [-0.3, -0.25) is 4.98 Å². The summed E-state index contributed by atoms with van der Waals surface area (Å²) in [5.74, 6) is 0. The first-order valence-electron chi connectivity index (χ1n) is 7.13. The SMILES string of the molecule is CCCN[Si](NCCC)(NCCC)NC(C)C. The number of rotatable bonds is 11. The van der Waals surface area contributed by atoms with Crippen LogP contribution in [0, 0.1) is 0 Å². The van der Waals surface area contributed by atoms with Crippen molar-refractivity contribution in [2.45, 2.75) is 59.9 Å². The number of hydrogen-bond acceptors (Lipinski definition) is 4. The molecule has 0 amide bonds. The summed E-state index contributed by atoms with van der Waals surface area (Å²) in [6.45, 7) is 14.2. The van der Waals surface area contributed by atoms with Gasteiger partial charge in [0.15, 0.2) is 0 Å². The standard InChI is InChI=1S/C12H32N4Si/c1-6-9-13-17(14-10-7-2,15-11-8-3)16-12(4)5/h12-16H,6-11H2,1-5H3. The Morgan fingerprint density at radius 3 is 1.35 bits per heavy atom. The molecule has 4 nitrogen and oxygen atoms in total. The van der Waals surface area contributed by atoms with Crippen LogP contribution < -0.4 is 19.9 Å². The second-order valence-corrected chi connectivity index (χ2v) is 7.68. The van der Waals surface area contributed by atoms with E-state index in [1.807, 2.05) is 0 Å². The molecule has 0 saturated carbocycles. The molecule has 0 aliphatic heterocycles. The van der Waals surface area contributed by atoms with Gasteiger partial charge >= 0.3 is 8.72 Å². The van der Waals surface area contributed by atoms with Crippen LogP contribution in [-0.2, 0) is 0 Å². The van der Waals surface area contributed by atoms with Crippen molar-refractivity contribution < 1.29 is 0 Å². The lowest BCUT2D eigenvalue weighted by Crippen LogP contribution is -2.82. The van der Waals surface area contributed by atoms with Crippen LogP contribution in [0.25, 0.3) is 0 Å². The van der Waals surface area contributed by atoms with Crippen LogP contribution in [0.3, 0.4) is 0 Å². The summed E-state index contributed by atoms with van der Waals surface area (Å²) >= 11 is 0. The predicted molar refractivity (Wildman–Crippen MR) is 78.9 cm³/mol. The molecule has 0 rings (SSSR count). The predicted octanol–water partition coefficient (Wildman–Crippen LogP) is 1.42. The van der Waals surface area contributed by atoms with Crippen LogP contribution in [0.5, 0.6) is 0 Å². The Bertz CT molecular complexity index is 154. The molecule has 0 spiro atoms. The maximum absolute atomic E-state index is 3.70. The van der Waals surface area contributed by atoms with Gasteiger partial charge in [-0.25, -0.2) is 0 Å². The zero-order valence-corrected chi connectivity index (χ0v) is 13.3. The third-order valence-electron chi connectivity index (χ3n) is 2.43. The van der Waals surface area contributed by atoms with Crippen LogP contribution in [0.4, 0.5) is 0 Å². The van der Waals surface area contributed by atoms with E-state index in [0.29, 0.717) is 6.04 Å². The van der Waals surface area contributed by atoms with Gasteiger partial charge in [0.2, 0.25) is 0 Å². The van der Waals surface area contributed by atoms with Gasteiger partial charge in [0.05, 0.1) is 0 Å². The van der Waals surface area contributed by atoms with Crippen molar-refractivity contribution in [3.63, 3.8) is 0 Å². The van der Waals surface area contributed by atoms with Gasteiger partial charge in [-0.05, 0) is 44.9 Å². The second-order valence-electron chi connectivity index (χ2n) is 4.83. The van der Waals surface area contributed by atoms with E-state index >= 15 is 0 Å². The highest BCUT2D eigenvalue weighted by atomic mass is 28.4. The third kappa shape index (κ3) is 7.89. The van der Waals surface area contributed by atoms with Crippen molar-refractivity contribution in [2.24, 2.45) is 0 Å². The quantitative estimate of drug-likeness (QED) is 0.424. The van der Waals surface area contributed by atoms with Crippen molar-refractivity contribution >= 4 is 8.72 Å². The van der Waals surface area contributed by atoms with E-state index in [0.717, 1.165) is 38.9 Å². The van der Waals surface area contributed by atoms with Gasteiger partial charge in [0, 0.05) is 0 Å². The fourth-order valence-corrected chi connectivity index (χ4v) is 5.13. The van der Waals surface area contributed by atoms with Crippen LogP contribution in [-0.4, -0.2) is 34.4 Å². The van der Waals surface area contributed by atoms with Crippen LogP contribution in [0.15, 0.2) is 0 Å². The minimum Gasteiger partial charge on any atom is -0.301 e. The largest absolute Gasteiger partial charge is 0.366 e. The first-order valence-corrected chi connectivity index (χ1v) is 9.13. The molecule has 17 heavy (non-hydrogen) atoms. The van der Waals surface area contributed by atoms with Gasteiger partial charge < -0.3 is 14.9 Å². The highest BCUT2D eigenvalue weighted by Crippen LogP contribution is 1.91. The summed E-state index contributed by atoms with van der Waals surface area (Å²) in [6.07, 6.45) is 3.49. The molecule has 0 unspecified atom stereocenters. The zero-order valence-electron chi connectivity index (χ0n) is 12.3. The fraction of sp³-hybridized carbons (Fsp3) is 1.00. The molecular formula is C12H32N4Si. The second kappa shape index (κ2) is 10.0. The monoisotopic (exact) mass is 260 g/mol. The molecule has 104 valence electrons. The topological polar surface area (TPSA) is 48.1 Å². The maximum Gasteiger partial charge on any atom is 0.366 e. The van der Waals surface area contributed by atoms with Crippen LogP contribution in [0.2, 0.25) is 0 Å². The van der Waals surface area contributed by atoms with Gasteiger partial charge in [0.25, 0.3) is 0 Å². The zero-order chi connectivity index (χ0) is 13.1. The van der Waals surface area contributed by atoms with Gasteiger partial charge in [-0.1, -0.05) is 34.6 Å². The summed E-state index contributed by atoms with van der Waals surface area (Å²) in [6, 6.07) is 0.486. The summed E-state index contributed by atoms with van der Waals surface area (Å²) < 4.78 is 0. The Hall–Kier alpha value is 0.0569. The lowest BCUT2D eigenvalue weighted by atomic mass is 10.4. The highest BCUT2D eigenvalue weighted by molar-refractivity contribution is 6.70. The Kier molecular flexibility index (Phi) is 10.1. The van der Waals surface area contributed by atoms with Crippen molar-refractivity contribution in [3.8, 4) is 0 Å². The third-order valence-corrected chi connectivity index (χ3v) is 5.78.